The van der Waals surface area contributed by atoms with E-state index >= 15 is 0 Å². The maximum Gasteiger partial charge on any atom is 0.212 e. The Balaban J connectivity index is 3.23. The molecular weight excluding hydrogens is 307 g/mol. The summed E-state index contributed by atoms with van der Waals surface area (Å²) < 4.78 is 5.42. The van der Waals surface area contributed by atoms with Crippen LogP contribution in [0.1, 0.15) is 0 Å². The van der Waals surface area contributed by atoms with E-state index in [-0.39, 0.29) is 0 Å². The van der Waals surface area contributed by atoms with Gasteiger partial charge in [0, 0.05) is 0 Å². The van der Waals surface area contributed by atoms with Gasteiger partial charge in [-0.1, -0.05) is 13.1 Å². The number of hydrogen-bond acceptors (Lipinski definition) is 2. The van der Waals surface area contributed by atoms with Crippen LogP contribution in [0.4, 0.5) is 0 Å². The molecule has 0 aromatic heterocycles. The average Bonchev–Trinajstić information content (AvgIpc) is 1.97. The van der Waals surface area contributed by atoms with Crippen LogP contribution in [0.3, 0.4) is 0 Å². The molecule has 16 heavy (non-hydrogen) atoms. The lowest BCUT2D eigenvalue weighted by molar-refractivity contribution is 0.561. The molecule has 1 heterocycles. The molecule has 0 bridgehead atoms. The van der Waals surface area contributed by atoms with Crippen molar-refractivity contribution in [2.45, 2.75) is 45.8 Å². The molecule has 1 rings (SSSR count). The molecule has 96 valence electrons. The molecule has 1 aliphatic heterocycles. The third-order valence-electron chi connectivity index (χ3n) is 4.11. The summed E-state index contributed by atoms with van der Waals surface area (Å²) in [6.07, 6.45) is 0. The minimum Gasteiger partial charge on any atom is -0.334 e. The summed E-state index contributed by atoms with van der Waals surface area (Å²) in [5.41, 5.74) is 0. The first-order valence-corrected chi connectivity index (χ1v) is 20.0. The Kier molecular flexibility index (Phi) is 3.79. The van der Waals surface area contributed by atoms with Crippen LogP contribution in [-0.4, -0.2) is 45.9 Å². The SMILES string of the molecule is CN1[Si](C)(C)N([Si](C)(C)Cl)[Si]1(C)[Si](C)(C)Cl. The monoisotopic (exact) mass is 330 g/mol. The van der Waals surface area contributed by atoms with Crippen LogP contribution in [0.5, 0.6) is 0 Å². The Morgan fingerprint density at radius 3 is 1.50 bits per heavy atom. The lowest BCUT2D eigenvalue weighted by Crippen LogP contribution is -2.98. The Hall–Kier alpha value is 1.37. The fraction of sp³-hybridized carbons (Fsp3) is 1.00. The van der Waals surface area contributed by atoms with Crippen molar-refractivity contribution < 1.29 is 0 Å². The molecule has 1 saturated heterocycles. The van der Waals surface area contributed by atoms with Gasteiger partial charge in [-0.15, -0.1) is 11.1 Å². The van der Waals surface area contributed by atoms with Gasteiger partial charge in [0.1, 0.15) is 0 Å². The molecule has 0 amide bonds. The smallest absolute Gasteiger partial charge is 0.212 e. The van der Waals surface area contributed by atoms with Crippen LogP contribution in [0.2, 0.25) is 45.8 Å². The molecule has 8 heteroatoms. The molecule has 0 aromatic carbocycles. The maximum atomic E-state index is 6.80. The summed E-state index contributed by atoms with van der Waals surface area (Å²) in [4.78, 5) is 0. The molecular formula is C8H24Cl2N2Si4. The largest absolute Gasteiger partial charge is 0.334 e. The fourth-order valence-corrected chi connectivity index (χ4v) is 52.1. The van der Waals surface area contributed by atoms with Crippen molar-refractivity contribution >= 4 is 52.9 Å². The number of nitrogens with zero attached hydrogens (tertiary/aromatic N) is 2. The Morgan fingerprint density at radius 2 is 1.31 bits per heavy atom. The van der Waals surface area contributed by atoms with E-state index in [9.17, 15) is 0 Å². The molecule has 2 nitrogen and oxygen atoms in total. The molecule has 1 atom stereocenters. The molecule has 1 unspecified atom stereocenters. The Labute approximate surface area is 114 Å². The van der Waals surface area contributed by atoms with E-state index < -0.39 is 30.8 Å². The second-order valence-corrected chi connectivity index (χ2v) is 34.7. The first kappa shape index (κ1) is 15.4. The van der Waals surface area contributed by atoms with Gasteiger partial charge in [0.2, 0.25) is 7.55 Å². The normalized spacial score (nSPS) is 32.6. The van der Waals surface area contributed by atoms with Gasteiger partial charge in [-0.3, -0.25) is 0 Å². The minimum absolute atomic E-state index is 1.46. The predicted octanol–water partition coefficient (Wildman–Crippen LogP) is 3.47. The zero-order valence-electron chi connectivity index (χ0n) is 11.7. The van der Waals surface area contributed by atoms with Crippen molar-refractivity contribution in [3.8, 4) is 0 Å². The van der Waals surface area contributed by atoms with Gasteiger partial charge in [-0.05, 0) is 39.8 Å². The second-order valence-electron chi connectivity index (χ2n) is 6.29. The first-order valence-electron chi connectivity index (χ1n) is 5.69. The zero-order valence-corrected chi connectivity index (χ0v) is 17.2. The summed E-state index contributed by atoms with van der Waals surface area (Å²) in [6, 6.07) is 0. The van der Waals surface area contributed by atoms with E-state index in [1.807, 2.05) is 0 Å². The molecule has 1 fully saturated rings. The maximum absolute atomic E-state index is 6.80. The topological polar surface area (TPSA) is 6.48 Å². The van der Waals surface area contributed by atoms with Crippen LogP contribution >= 0.6 is 22.2 Å². The van der Waals surface area contributed by atoms with Gasteiger partial charge < -0.3 is 8.13 Å². The molecule has 0 N–H and O–H groups in total. The summed E-state index contributed by atoms with van der Waals surface area (Å²) >= 11 is 13.5. The van der Waals surface area contributed by atoms with Gasteiger partial charge in [0.05, 0.1) is 0 Å². The quantitative estimate of drug-likeness (QED) is 0.565. The van der Waals surface area contributed by atoms with Crippen molar-refractivity contribution in [3.05, 3.63) is 0 Å². The van der Waals surface area contributed by atoms with E-state index in [0.717, 1.165) is 0 Å². The highest BCUT2D eigenvalue weighted by Gasteiger charge is 2.71. The highest BCUT2D eigenvalue weighted by molar-refractivity contribution is 7.62. The summed E-state index contributed by atoms with van der Waals surface area (Å²) in [5, 5.41) is 0. The molecule has 0 radical (unpaired) electrons. The molecule has 0 spiro atoms. The lowest BCUT2D eigenvalue weighted by atomic mass is 11.6. The summed E-state index contributed by atoms with van der Waals surface area (Å²) in [7, 11) is -2.57. The van der Waals surface area contributed by atoms with Crippen LogP contribution in [0, 0.1) is 0 Å². The van der Waals surface area contributed by atoms with E-state index in [0.29, 0.717) is 0 Å². The molecule has 0 saturated carbocycles. The predicted molar refractivity (Wildman–Crippen MR) is 85.4 cm³/mol. The van der Waals surface area contributed by atoms with Crippen LogP contribution in [-0.2, 0) is 0 Å². The van der Waals surface area contributed by atoms with Crippen molar-refractivity contribution in [2.24, 2.45) is 0 Å². The van der Waals surface area contributed by atoms with Crippen molar-refractivity contribution in [3.63, 3.8) is 0 Å². The molecule has 0 aliphatic carbocycles. The Bertz CT molecular complexity index is 299. The third-order valence-corrected chi connectivity index (χ3v) is 39.6. The highest BCUT2D eigenvalue weighted by atomic mass is 35.6. The number of rotatable bonds is 2. The Morgan fingerprint density at radius 1 is 0.938 bits per heavy atom. The first-order chi connectivity index (χ1) is 6.77. The standard InChI is InChI=1S/C8H24Cl2N2Si4/c1-11-15(6,7)12(13(2,3)9)16(11,8)14(4,5)10/h1-8H3. The lowest BCUT2D eigenvalue weighted by Gasteiger charge is -2.73. The van der Waals surface area contributed by atoms with Gasteiger partial charge in [-0.2, -0.15) is 11.1 Å². The van der Waals surface area contributed by atoms with Gasteiger partial charge in [0.25, 0.3) is 0 Å². The van der Waals surface area contributed by atoms with Gasteiger partial charge >= 0.3 is 0 Å². The fourth-order valence-electron chi connectivity index (χ4n) is 3.15. The third kappa shape index (κ3) is 1.95. The molecule has 1 aliphatic rings. The molecule has 0 aromatic rings. The van der Waals surface area contributed by atoms with Crippen molar-refractivity contribution in [1.82, 2.24) is 8.13 Å². The minimum atomic E-state index is -1.76. The average molecular weight is 332 g/mol. The van der Waals surface area contributed by atoms with Gasteiger partial charge in [-0.25, -0.2) is 0 Å². The van der Waals surface area contributed by atoms with Crippen LogP contribution in [0.25, 0.3) is 0 Å². The summed E-state index contributed by atoms with van der Waals surface area (Å²) in [5.74, 6) is 0. The zero-order chi connectivity index (χ0) is 13.2. The van der Waals surface area contributed by atoms with Crippen LogP contribution in [0.15, 0.2) is 0 Å². The highest BCUT2D eigenvalue weighted by Crippen LogP contribution is 2.47. The van der Waals surface area contributed by atoms with E-state index in [2.05, 4.69) is 61.0 Å². The van der Waals surface area contributed by atoms with Gasteiger partial charge in [0.15, 0.2) is 23.2 Å². The van der Waals surface area contributed by atoms with E-state index in [4.69, 9.17) is 22.2 Å². The van der Waals surface area contributed by atoms with Crippen LogP contribution < -0.4 is 0 Å². The van der Waals surface area contributed by atoms with Crippen molar-refractivity contribution in [2.75, 3.05) is 7.05 Å². The van der Waals surface area contributed by atoms with E-state index in [1.165, 1.54) is 0 Å². The van der Waals surface area contributed by atoms with Crippen molar-refractivity contribution in [1.29, 1.82) is 0 Å². The number of hydrogen-bond donors (Lipinski definition) is 0. The second kappa shape index (κ2) is 3.93. The van der Waals surface area contributed by atoms with E-state index in [1.54, 1.807) is 0 Å². The summed E-state index contributed by atoms with van der Waals surface area (Å²) in [6.45, 7) is 14.6. The number of halogens is 2.